The fourth-order valence-corrected chi connectivity index (χ4v) is 3.32. The summed E-state index contributed by atoms with van der Waals surface area (Å²) in [6.07, 6.45) is 8.55. The van der Waals surface area contributed by atoms with Gasteiger partial charge >= 0.3 is 5.97 Å². The number of rotatable bonds is 10. The van der Waals surface area contributed by atoms with Crippen molar-refractivity contribution in [2.45, 2.75) is 70.9 Å². The molecule has 23 heavy (non-hydrogen) atoms. The summed E-state index contributed by atoms with van der Waals surface area (Å²) in [6, 6.07) is 0.364. The van der Waals surface area contributed by atoms with Crippen LogP contribution in [-0.2, 0) is 16.1 Å². The number of carbonyl (C=O) groups is 2. The minimum atomic E-state index is -0.423. The number of carbonyl (C=O) groups excluding carboxylic acids is 2. The summed E-state index contributed by atoms with van der Waals surface area (Å²) >= 11 is 1.41. The molecule has 0 bridgehead atoms. The maximum Gasteiger partial charge on any atom is 0.357 e. The highest BCUT2D eigenvalue weighted by molar-refractivity contribution is 7.09. The standard InChI is InChI=1S/C17H26N2O3S/c1-3-4-5-6-7-8-16(20)19(13-9-10-13)11-15-18-14(12-23-15)17(21)22-2/h12-13H,3-11H2,1-2H3. The van der Waals surface area contributed by atoms with E-state index in [9.17, 15) is 9.59 Å². The lowest BCUT2D eigenvalue weighted by molar-refractivity contribution is -0.132. The summed E-state index contributed by atoms with van der Waals surface area (Å²) in [5, 5.41) is 2.50. The predicted octanol–water partition coefficient (Wildman–Crippen LogP) is 3.78. The molecule has 5 nitrogen and oxygen atoms in total. The number of hydrogen-bond donors (Lipinski definition) is 0. The van der Waals surface area contributed by atoms with Gasteiger partial charge in [-0.3, -0.25) is 4.79 Å². The van der Waals surface area contributed by atoms with E-state index in [4.69, 9.17) is 0 Å². The van der Waals surface area contributed by atoms with Crippen LogP contribution in [-0.4, -0.2) is 34.9 Å². The van der Waals surface area contributed by atoms with Crippen LogP contribution in [0.15, 0.2) is 5.38 Å². The second kappa shape index (κ2) is 9.01. The smallest absolute Gasteiger partial charge is 0.357 e. The zero-order chi connectivity index (χ0) is 16.7. The maximum absolute atomic E-state index is 12.5. The van der Waals surface area contributed by atoms with E-state index in [0.717, 1.165) is 30.7 Å². The first-order valence-corrected chi connectivity index (χ1v) is 9.35. The summed E-state index contributed by atoms with van der Waals surface area (Å²) < 4.78 is 4.67. The number of ether oxygens (including phenoxy) is 1. The van der Waals surface area contributed by atoms with Gasteiger partial charge < -0.3 is 9.64 Å². The molecule has 1 aliphatic rings. The molecule has 0 spiro atoms. The molecule has 128 valence electrons. The van der Waals surface area contributed by atoms with E-state index in [0.29, 0.717) is 24.7 Å². The molecule has 0 radical (unpaired) electrons. The van der Waals surface area contributed by atoms with E-state index in [1.54, 1.807) is 5.38 Å². The van der Waals surface area contributed by atoms with Crippen LogP contribution in [0.25, 0.3) is 0 Å². The van der Waals surface area contributed by atoms with Crippen LogP contribution >= 0.6 is 11.3 Å². The van der Waals surface area contributed by atoms with Gasteiger partial charge in [0.1, 0.15) is 5.01 Å². The molecule has 1 aromatic rings. The molecule has 2 rings (SSSR count). The molecule has 1 aromatic heterocycles. The number of thiazole rings is 1. The highest BCUT2D eigenvalue weighted by Gasteiger charge is 2.32. The molecule has 0 saturated heterocycles. The largest absolute Gasteiger partial charge is 0.464 e. The first-order chi connectivity index (χ1) is 11.2. The van der Waals surface area contributed by atoms with Gasteiger partial charge in [-0.15, -0.1) is 11.3 Å². The topological polar surface area (TPSA) is 59.5 Å². The Bertz CT molecular complexity index is 526. The Hall–Kier alpha value is -1.43. The first-order valence-electron chi connectivity index (χ1n) is 8.48. The number of nitrogens with zero attached hydrogens (tertiary/aromatic N) is 2. The summed E-state index contributed by atoms with van der Waals surface area (Å²) in [5.41, 5.74) is 0.329. The Morgan fingerprint density at radius 2 is 2.04 bits per heavy atom. The van der Waals surface area contributed by atoms with Crippen molar-refractivity contribution in [1.82, 2.24) is 9.88 Å². The minimum absolute atomic E-state index is 0.221. The fourth-order valence-electron chi connectivity index (χ4n) is 2.56. The normalized spacial score (nSPS) is 13.8. The van der Waals surface area contributed by atoms with Crippen molar-refractivity contribution in [2.24, 2.45) is 0 Å². The average molecular weight is 338 g/mol. The van der Waals surface area contributed by atoms with Gasteiger partial charge in [0.15, 0.2) is 5.69 Å². The SMILES string of the molecule is CCCCCCCC(=O)N(Cc1nc(C(=O)OC)cs1)C1CC1. The number of aromatic nitrogens is 1. The van der Waals surface area contributed by atoms with Crippen molar-refractivity contribution in [3.05, 3.63) is 16.1 Å². The second-order valence-corrected chi connectivity index (χ2v) is 6.98. The van der Waals surface area contributed by atoms with E-state index in [-0.39, 0.29) is 5.91 Å². The van der Waals surface area contributed by atoms with Crippen molar-refractivity contribution in [2.75, 3.05) is 7.11 Å². The molecule has 6 heteroatoms. The van der Waals surface area contributed by atoms with Crippen LogP contribution in [0, 0.1) is 0 Å². The summed E-state index contributed by atoms with van der Waals surface area (Å²) in [5.74, 6) is -0.202. The van der Waals surface area contributed by atoms with Gasteiger partial charge in [-0.2, -0.15) is 0 Å². The third kappa shape index (κ3) is 5.61. The fraction of sp³-hybridized carbons (Fsp3) is 0.706. The Morgan fingerprint density at radius 1 is 1.30 bits per heavy atom. The van der Waals surface area contributed by atoms with Gasteiger partial charge in [-0.05, 0) is 19.3 Å². The monoisotopic (exact) mass is 338 g/mol. The Kier molecular flexibility index (Phi) is 7.02. The van der Waals surface area contributed by atoms with Crippen molar-refractivity contribution >= 4 is 23.2 Å². The second-order valence-electron chi connectivity index (χ2n) is 6.04. The molecule has 0 N–H and O–H groups in total. The van der Waals surface area contributed by atoms with E-state index in [2.05, 4.69) is 16.6 Å². The zero-order valence-corrected chi connectivity index (χ0v) is 14.9. The van der Waals surface area contributed by atoms with Crippen molar-refractivity contribution in [3.8, 4) is 0 Å². The lowest BCUT2D eigenvalue weighted by atomic mass is 10.1. The Labute approximate surface area is 142 Å². The number of amides is 1. The van der Waals surface area contributed by atoms with Crippen LogP contribution < -0.4 is 0 Å². The minimum Gasteiger partial charge on any atom is -0.464 e. The number of methoxy groups -OCH3 is 1. The zero-order valence-electron chi connectivity index (χ0n) is 14.0. The molecule has 1 aliphatic carbocycles. The highest BCUT2D eigenvalue weighted by atomic mass is 32.1. The van der Waals surface area contributed by atoms with Crippen molar-refractivity contribution < 1.29 is 14.3 Å². The Balaban J connectivity index is 1.85. The third-order valence-electron chi connectivity index (χ3n) is 4.05. The van der Waals surface area contributed by atoms with E-state index >= 15 is 0 Å². The van der Waals surface area contributed by atoms with Gasteiger partial charge in [0.05, 0.1) is 13.7 Å². The van der Waals surface area contributed by atoms with Crippen molar-refractivity contribution in [3.63, 3.8) is 0 Å². The molecule has 0 atom stereocenters. The molecule has 1 fully saturated rings. The average Bonchev–Trinajstić information content (AvgIpc) is 3.29. The maximum atomic E-state index is 12.5. The summed E-state index contributed by atoms with van der Waals surface area (Å²) in [4.78, 5) is 30.2. The molecule has 1 amide bonds. The van der Waals surface area contributed by atoms with Crippen LogP contribution in [0.4, 0.5) is 0 Å². The number of unbranched alkanes of at least 4 members (excludes halogenated alkanes) is 4. The molecule has 1 saturated carbocycles. The number of hydrogen-bond acceptors (Lipinski definition) is 5. The van der Waals surface area contributed by atoms with Gasteiger partial charge in [0.2, 0.25) is 5.91 Å². The molecule has 0 aromatic carbocycles. The van der Waals surface area contributed by atoms with E-state index < -0.39 is 5.97 Å². The van der Waals surface area contributed by atoms with Gasteiger partial charge in [0.25, 0.3) is 0 Å². The number of esters is 1. The molecular weight excluding hydrogens is 312 g/mol. The first kappa shape index (κ1) is 17.9. The van der Waals surface area contributed by atoms with E-state index in [1.165, 1.54) is 37.7 Å². The summed E-state index contributed by atoms with van der Waals surface area (Å²) in [6.45, 7) is 2.71. The van der Waals surface area contributed by atoms with Crippen LogP contribution in [0.2, 0.25) is 0 Å². The molecular formula is C17H26N2O3S. The van der Waals surface area contributed by atoms with Crippen LogP contribution in [0.5, 0.6) is 0 Å². The van der Waals surface area contributed by atoms with Gasteiger partial charge in [0, 0.05) is 17.8 Å². The quantitative estimate of drug-likeness (QED) is 0.481. The van der Waals surface area contributed by atoms with Crippen LogP contribution in [0.1, 0.15) is 73.8 Å². The van der Waals surface area contributed by atoms with E-state index in [1.807, 2.05) is 4.90 Å². The van der Waals surface area contributed by atoms with Crippen molar-refractivity contribution in [1.29, 1.82) is 0 Å². The highest BCUT2D eigenvalue weighted by Crippen LogP contribution is 2.30. The molecule has 0 unspecified atom stereocenters. The molecule has 0 aliphatic heterocycles. The predicted molar refractivity (Wildman–Crippen MR) is 90.4 cm³/mol. The summed E-state index contributed by atoms with van der Waals surface area (Å²) in [7, 11) is 1.35. The third-order valence-corrected chi connectivity index (χ3v) is 4.89. The lowest BCUT2D eigenvalue weighted by Gasteiger charge is -2.21. The lowest BCUT2D eigenvalue weighted by Crippen LogP contribution is -2.32. The molecule has 1 heterocycles. The van der Waals surface area contributed by atoms with Gasteiger partial charge in [-0.25, -0.2) is 9.78 Å². The Morgan fingerprint density at radius 3 is 2.70 bits per heavy atom. The van der Waals surface area contributed by atoms with Gasteiger partial charge in [-0.1, -0.05) is 32.6 Å². The van der Waals surface area contributed by atoms with Crippen LogP contribution in [0.3, 0.4) is 0 Å².